The molecule has 0 spiro atoms. The van der Waals surface area contributed by atoms with Crippen LogP contribution in [0.1, 0.15) is 52.9 Å². The predicted molar refractivity (Wildman–Crippen MR) is 74.9 cm³/mol. The van der Waals surface area contributed by atoms with E-state index in [1.807, 2.05) is 6.92 Å². The van der Waals surface area contributed by atoms with Crippen LogP contribution in [0.3, 0.4) is 0 Å². The van der Waals surface area contributed by atoms with E-state index in [9.17, 15) is 9.59 Å². The fourth-order valence-electron chi connectivity index (χ4n) is 2.62. The summed E-state index contributed by atoms with van der Waals surface area (Å²) in [6.45, 7) is 6.10. The number of carbonyl (C=O) groups excluding carboxylic acids is 2. The molecule has 1 rings (SSSR count). The number of hydrogen-bond acceptors (Lipinski definition) is 3. The number of nitrogens with one attached hydrogen (secondary N) is 2. The molecule has 1 unspecified atom stereocenters. The van der Waals surface area contributed by atoms with E-state index in [1.165, 1.54) is 0 Å². The van der Waals surface area contributed by atoms with Crippen molar-refractivity contribution < 1.29 is 9.59 Å². The number of rotatable bonds is 6. The summed E-state index contributed by atoms with van der Waals surface area (Å²) >= 11 is 4.86. The molecule has 1 saturated heterocycles. The molecule has 1 heterocycles. The summed E-state index contributed by atoms with van der Waals surface area (Å²) in [7, 11) is 0. The van der Waals surface area contributed by atoms with E-state index in [-0.39, 0.29) is 22.8 Å². The maximum atomic E-state index is 12.3. The van der Waals surface area contributed by atoms with Gasteiger partial charge in [-0.25, -0.2) is 0 Å². The van der Waals surface area contributed by atoms with Crippen LogP contribution >= 0.6 is 12.2 Å². The molecule has 102 valence electrons. The zero-order valence-corrected chi connectivity index (χ0v) is 12.2. The zero-order valence-electron chi connectivity index (χ0n) is 11.3. The van der Waals surface area contributed by atoms with Crippen molar-refractivity contribution in [3.05, 3.63) is 0 Å². The molecule has 1 fully saturated rings. The number of thiocarbonyl (C=S) groups is 1. The molecule has 1 aliphatic rings. The molecule has 0 saturated carbocycles. The molecule has 2 N–H and O–H groups in total. The van der Waals surface area contributed by atoms with Gasteiger partial charge in [-0.1, -0.05) is 40.0 Å². The van der Waals surface area contributed by atoms with Crippen molar-refractivity contribution in [1.82, 2.24) is 10.6 Å². The molecular formula is C13H22N2O2S. The average molecular weight is 270 g/mol. The summed E-state index contributed by atoms with van der Waals surface area (Å²) < 4.78 is 0. The van der Waals surface area contributed by atoms with Gasteiger partial charge < -0.3 is 10.6 Å². The molecule has 2 amide bonds. The fourth-order valence-corrected chi connectivity index (χ4v) is 2.81. The molecular weight excluding hydrogens is 248 g/mol. The van der Waals surface area contributed by atoms with E-state index in [1.54, 1.807) is 0 Å². The average Bonchev–Trinajstić information content (AvgIpc) is 2.28. The summed E-state index contributed by atoms with van der Waals surface area (Å²) in [6.07, 6.45) is 4.23. The maximum absolute atomic E-state index is 12.3. The smallest absolute Gasteiger partial charge is 0.242 e. The van der Waals surface area contributed by atoms with Gasteiger partial charge in [-0.2, -0.15) is 0 Å². The van der Waals surface area contributed by atoms with E-state index < -0.39 is 5.41 Å². The molecule has 1 atom stereocenters. The third-order valence-corrected chi connectivity index (χ3v) is 3.96. The molecule has 0 aromatic heterocycles. The Morgan fingerprint density at radius 2 is 1.72 bits per heavy atom. The second-order valence-electron chi connectivity index (χ2n) is 5.00. The third kappa shape index (κ3) is 2.71. The van der Waals surface area contributed by atoms with Crippen LogP contribution in [-0.4, -0.2) is 16.9 Å². The first kappa shape index (κ1) is 15.1. The molecule has 5 heteroatoms. The highest BCUT2D eigenvalue weighted by Crippen LogP contribution is 2.38. The number of amides is 2. The van der Waals surface area contributed by atoms with Crippen molar-refractivity contribution in [2.75, 3.05) is 0 Å². The van der Waals surface area contributed by atoms with E-state index in [2.05, 4.69) is 24.5 Å². The molecule has 18 heavy (non-hydrogen) atoms. The van der Waals surface area contributed by atoms with Crippen LogP contribution in [0.2, 0.25) is 0 Å². The van der Waals surface area contributed by atoms with Gasteiger partial charge in [0.05, 0.1) is 0 Å². The van der Waals surface area contributed by atoms with Crippen molar-refractivity contribution in [1.29, 1.82) is 0 Å². The number of carbonyl (C=O) groups is 2. The Bertz CT molecular complexity index is 335. The lowest BCUT2D eigenvalue weighted by molar-refractivity contribution is -0.148. The fraction of sp³-hybridized carbons (Fsp3) is 0.769. The van der Waals surface area contributed by atoms with Gasteiger partial charge in [0, 0.05) is 0 Å². The summed E-state index contributed by atoms with van der Waals surface area (Å²) in [6, 6.07) is 0. The first-order valence-electron chi connectivity index (χ1n) is 6.65. The minimum absolute atomic E-state index is 0.0251. The highest BCUT2D eigenvalue weighted by Gasteiger charge is 2.52. The van der Waals surface area contributed by atoms with Crippen LogP contribution < -0.4 is 10.6 Å². The number of hydrogen-bond donors (Lipinski definition) is 2. The maximum Gasteiger partial charge on any atom is 0.242 e. The third-order valence-electron chi connectivity index (χ3n) is 3.75. The topological polar surface area (TPSA) is 58.2 Å². The number of unbranched alkanes of at least 4 members (excludes halogenated alkanes) is 1. The van der Waals surface area contributed by atoms with Gasteiger partial charge in [-0.3, -0.25) is 9.59 Å². The van der Waals surface area contributed by atoms with E-state index in [0.717, 1.165) is 25.7 Å². The van der Waals surface area contributed by atoms with Gasteiger partial charge in [0.25, 0.3) is 0 Å². The van der Waals surface area contributed by atoms with Crippen LogP contribution in [0.25, 0.3) is 0 Å². The van der Waals surface area contributed by atoms with Crippen LogP contribution in [-0.2, 0) is 9.59 Å². The monoisotopic (exact) mass is 270 g/mol. The second-order valence-corrected chi connectivity index (χ2v) is 5.41. The first-order valence-corrected chi connectivity index (χ1v) is 7.06. The van der Waals surface area contributed by atoms with Crippen molar-refractivity contribution in [2.45, 2.75) is 52.9 Å². The van der Waals surface area contributed by atoms with Crippen molar-refractivity contribution in [2.24, 2.45) is 11.3 Å². The lowest BCUT2D eigenvalue weighted by Gasteiger charge is -2.39. The van der Waals surface area contributed by atoms with E-state index >= 15 is 0 Å². The van der Waals surface area contributed by atoms with Gasteiger partial charge in [0.2, 0.25) is 11.8 Å². The van der Waals surface area contributed by atoms with Crippen LogP contribution in [0.15, 0.2) is 0 Å². The van der Waals surface area contributed by atoms with E-state index in [4.69, 9.17) is 12.2 Å². The Kier molecular flexibility index (Phi) is 5.26. The van der Waals surface area contributed by atoms with Gasteiger partial charge in [-0.05, 0) is 31.0 Å². The zero-order chi connectivity index (χ0) is 13.8. The van der Waals surface area contributed by atoms with Gasteiger partial charge >= 0.3 is 0 Å². The quantitative estimate of drug-likeness (QED) is 0.574. The second kappa shape index (κ2) is 6.27. The Hall–Kier alpha value is -0.970. The predicted octanol–water partition coefficient (Wildman–Crippen LogP) is 2.13. The standard InChI is InChI=1S/C13H22N2O2S/c1-4-6-8-13(9(3)7-5-2)10(16)14-12(18)15-11(13)17/h9H,4-8H2,1-3H3,(H2,14,15,16,17,18). The van der Waals surface area contributed by atoms with E-state index in [0.29, 0.717) is 6.42 Å². The highest BCUT2D eigenvalue weighted by atomic mass is 32.1. The Morgan fingerprint density at radius 1 is 1.17 bits per heavy atom. The van der Waals surface area contributed by atoms with Crippen LogP contribution in [0.5, 0.6) is 0 Å². The van der Waals surface area contributed by atoms with Crippen LogP contribution in [0.4, 0.5) is 0 Å². The molecule has 0 aromatic rings. The van der Waals surface area contributed by atoms with Crippen molar-refractivity contribution >= 4 is 29.1 Å². The molecule has 0 aromatic carbocycles. The molecule has 0 aliphatic carbocycles. The molecule has 1 aliphatic heterocycles. The van der Waals surface area contributed by atoms with Gasteiger partial charge in [0.1, 0.15) is 5.41 Å². The van der Waals surface area contributed by atoms with Gasteiger partial charge in [0.15, 0.2) is 5.11 Å². The molecule has 4 nitrogen and oxygen atoms in total. The Morgan fingerprint density at radius 3 is 2.17 bits per heavy atom. The summed E-state index contributed by atoms with van der Waals surface area (Å²) in [5.74, 6) is -0.437. The normalized spacial score (nSPS) is 20.3. The van der Waals surface area contributed by atoms with Gasteiger partial charge in [-0.15, -0.1) is 0 Å². The summed E-state index contributed by atoms with van der Waals surface area (Å²) in [5.41, 5.74) is -0.950. The highest BCUT2D eigenvalue weighted by molar-refractivity contribution is 7.80. The SMILES string of the molecule is CCCCC1(C(C)CCC)C(=O)NC(=S)NC1=O. The van der Waals surface area contributed by atoms with Crippen molar-refractivity contribution in [3.63, 3.8) is 0 Å². The first-order chi connectivity index (χ1) is 8.48. The minimum atomic E-state index is -0.950. The molecule has 0 radical (unpaired) electrons. The summed E-state index contributed by atoms with van der Waals surface area (Å²) in [5, 5.41) is 5.34. The Balaban J connectivity index is 3.04. The largest absolute Gasteiger partial charge is 0.302 e. The lowest BCUT2D eigenvalue weighted by atomic mass is 9.68. The lowest BCUT2D eigenvalue weighted by Crippen LogP contribution is -2.64. The Labute approximate surface area is 114 Å². The molecule has 0 bridgehead atoms. The van der Waals surface area contributed by atoms with Crippen LogP contribution in [0, 0.1) is 11.3 Å². The minimum Gasteiger partial charge on any atom is -0.302 e. The van der Waals surface area contributed by atoms with Crippen molar-refractivity contribution in [3.8, 4) is 0 Å². The summed E-state index contributed by atoms with van der Waals surface area (Å²) in [4.78, 5) is 24.6.